The molecule has 0 bridgehead atoms. The molecule has 1 rings (SSSR count). The van der Waals surface area contributed by atoms with E-state index in [-0.39, 0.29) is 18.1 Å². The van der Waals surface area contributed by atoms with Gasteiger partial charge in [-0.05, 0) is 53.0 Å². The Bertz CT molecular complexity index is 418. The lowest BCUT2D eigenvalue weighted by molar-refractivity contribution is -0.154. The molecule has 0 aliphatic heterocycles. The van der Waals surface area contributed by atoms with Gasteiger partial charge in [-0.1, -0.05) is 30.3 Å². The van der Waals surface area contributed by atoms with Gasteiger partial charge in [-0.2, -0.15) is 0 Å². The molecule has 0 aliphatic rings. The summed E-state index contributed by atoms with van der Waals surface area (Å²) in [7, 11) is 0. The van der Waals surface area contributed by atoms with Gasteiger partial charge in [0.15, 0.2) is 0 Å². The first-order valence-corrected chi connectivity index (χ1v) is 7.19. The highest BCUT2D eigenvalue weighted by atomic mass is 16.6. The van der Waals surface area contributed by atoms with Crippen molar-refractivity contribution in [2.75, 3.05) is 6.54 Å². The number of ether oxygens (including phenoxy) is 1. The van der Waals surface area contributed by atoms with Crippen LogP contribution in [0.2, 0.25) is 0 Å². The lowest BCUT2D eigenvalue weighted by Gasteiger charge is -2.27. The van der Waals surface area contributed by atoms with E-state index in [0.717, 1.165) is 12.8 Å². The highest BCUT2D eigenvalue weighted by molar-refractivity contribution is 5.72. The van der Waals surface area contributed by atoms with E-state index in [4.69, 9.17) is 4.74 Å². The molecular formula is C17H27NO2. The average Bonchev–Trinajstić information content (AvgIpc) is 2.34. The fourth-order valence-electron chi connectivity index (χ4n) is 1.88. The van der Waals surface area contributed by atoms with Crippen molar-refractivity contribution in [1.29, 1.82) is 0 Å². The van der Waals surface area contributed by atoms with Crippen molar-refractivity contribution in [2.24, 2.45) is 0 Å². The molecule has 1 N–H and O–H groups in total. The van der Waals surface area contributed by atoms with Crippen molar-refractivity contribution in [3.05, 3.63) is 35.9 Å². The number of nitrogens with one attached hydrogen (secondary N) is 1. The first-order valence-electron chi connectivity index (χ1n) is 7.19. The summed E-state index contributed by atoms with van der Waals surface area (Å²) in [5.41, 5.74) is 0.805. The third-order valence-electron chi connectivity index (χ3n) is 3.01. The van der Waals surface area contributed by atoms with Gasteiger partial charge >= 0.3 is 5.97 Å². The van der Waals surface area contributed by atoms with Gasteiger partial charge in [0.2, 0.25) is 0 Å². The normalized spacial score (nSPS) is 12.2. The van der Waals surface area contributed by atoms with Crippen LogP contribution in [0.15, 0.2) is 30.3 Å². The van der Waals surface area contributed by atoms with Crippen LogP contribution in [0.25, 0.3) is 0 Å². The fraction of sp³-hybridized carbons (Fsp3) is 0.588. The molecule has 0 fully saturated rings. The molecule has 0 aliphatic carbocycles. The van der Waals surface area contributed by atoms with Crippen LogP contribution in [0.4, 0.5) is 0 Å². The maximum Gasteiger partial charge on any atom is 0.320 e. The SMILES string of the molecule is CC(C)(CCc1ccccc1)NCC(=O)OC(C)(C)C. The standard InChI is InChI=1S/C17H27NO2/c1-16(2,3)20-15(19)13-18-17(4,5)12-11-14-9-7-6-8-10-14/h6-10,18H,11-13H2,1-5H3. The Kier molecular flexibility index (Phi) is 5.75. The van der Waals surface area contributed by atoms with E-state index in [1.54, 1.807) is 0 Å². The van der Waals surface area contributed by atoms with Gasteiger partial charge in [-0.3, -0.25) is 4.79 Å². The zero-order chi connectivity index (χ0) is 15.2. The molecule has 0 atom stereocenters. The molecule has 3 heteroatoms. The number of carbonyl (C=O) groups excluding carboxylic acids is 1. The molecule has 3 nitrogen and oxygen atoms in total. The van der Waals surface area contributed by atoms with Gasteiger partial charge in [-0.25, -0.2) is 0 Å². The first-order chi connectivity index (χ1) is 9.18. The minimum Gasteiger partial charge on any atom is -0.459 e. The van der Waals surface area contributed by atoms with E-state index in [9.17, 15) is 4.79 Å². The molecule has 0 saturated heterocycles. The van der Waals surface area contributed by atoms with E-state index < -0.39 is 5.60 Å². The molecule has 0 saturated carbocycles. The van der Waals surface area contributed by atoms with Gasteiger partial charge in [0, 0.05) is 5.54 Å². The van der Waals surface area contributed by atoms with Gasteiger partial charge in [0.1, 0.15) is 5.60 Å². The molecule has 20 heavy (non-hydrogen) atoms. The number of hydrogen-bond acceptors (Lipinski definition) is 3. The van der Waals surface area contributed by atoms with Gasteiger partial charge in [0.25, 0.3) is 0 Å². The number of carbonyl (C=O) groups is 1. The topological polar surface area (TPSA) is 38.3 Å². The van der Waals surface area contributed by atoms with Crippen LogP contribution >= 0.6 is 0 Å². The number of esters is 1. The Hall–Kier alpha value is -1.35. The smallest absolute Gasteiger partial charge is 0.320 e. The molecule has 0 aromatic heterocycles. The number of hydrogen-bond donors (Lipinski definition) is 1. The van der Waals surface area contributed by atoms with E-state index in [1.165, 1.54) is 5.56 Å². The molecule has 0 radical (unpaired) electrons. The molecule has 0 spiro atoms. The summed E-state index contributed by atoms with van der Waals surface area (Å²) in [5, 5.41) is 3.28. The van der Waals surface area contributed by atoms with Crippen molar-refractivity contribution in [3.63, 3.8) is 0 Å². The maximum absolute atomic E-state index is 11.7. The van der Waals surface area contributed by atoms with Crippen LogP contribution in [0.5, 0.6) is 0 Å². The summed E-state index contributed by atoms with van der Waals surface area (Å²) in [6, 6.07) is 10.4. The zero-order valence-corrected chi connectivity index (χ0v) is 13.3. The van der Waals surface area contributed by atoms with Crippen molar-refractivity contribution >= 4 is 5.97 Å². The Balaban J connectivity index is 2.36. The van der Waals surface area contributed by atoms with Crippen molar-refractivity contribution in [2.45, 2.75) is 58.6 Å². The van der Waals surface area contributed by atoms with E-state index in [2.05, 4.69) is 43.4 Å². The monoisotopic (exact) mass is 277 g/mol. The van der Waals surface area contributed by atoms with Crippen molar-refractivity contribution < 1.29 is 9.53 Å². The minimum atomic E-state index is -0.424. The molecule has 0 heterocycles. The van der Waals surface area contributed by atoms with E-state index in [1.807, 2.05) is 26.8 Å². The maximum atomic E-state index is 11.7. The third kappa shape index (κ3) is 7.29. The first kappa shape index (κ1) is 16.7. The van der Waals surface area contributed by atoms with Crippen LogP contribution in [-0.2, 0) is 16.0 Å². The predicted molar refractivity (Wildman–Crippen MR) is 82.7 cm³/mol. The van der Waals surface area contributed by atoms with Gasteiger partial charge in [0.05, 0.1) is 6.54 Å². The summed E-state index contributed by atoms with van der Waals surface area (Å²) >= 11 is 0. The second kappa shape index (κ2) is 6.89. The van der Waals surface area contributed by atoms with Crippen LogP contribution in [-0.4, -0.2) is 23.7 Å². The highest BCUT2D eigenvalue weighted by Gasteiger charge is 2.21. The predicted octanol–water partition coefficient (Wildman–Crippen LogP) is 3.33. The fourth-order valence-corrected chi connectivity index (χ4v) is 1.88. The van der Waals surface area contributed by atoms with Crippen LogP contribution in [0.3, 0.4) is 0 Å². The number of benzene rings is 1. The Morgan fingerprint density at radius 1 is 1.10 bits per heavy atom. The summed E-state index contributed by atoms with van der Waals surface area (Å²) < 4.78 is 5.29. The van der Waals surface area contributed by atoms with E-state index in [0.29, 0.717) is 0 Å². The molecule has 112 valence electrons. The summed E-state index contributed by atoms with van der Waals surface area (Å²) in [6.45, 7) is 10.1. The number of rotatable bonds is 6. The molecule has 1 aromatic rings. The van der Waals surface area contributed by atoms with Crippen LogP contribution in [0, 0.1) is 0 Å². The average molecular weight is 277 g/mol. The largest absolute Gasteiger partial charge is 0.459 e. The van der Waals surface area contributed by atoms with E-state index >= 15 is 0 Å². The van der Waals surface area contributed by atoms with Gasteiger partial charge in [-0.15, -0.1) is 0 Å². The zero-order valence-electron chi connectivity index (χ0n) is 13.3. The Morgan fingerprint density at radius 2 is 1.70 bits per heavy atom. The lowest BCUT2D eigenvalue weighted by atomic mass is 9.95. The van der Waals surface area contributed by atoms with Crippen LogP contribution < -0.4 is 5.32 Å². The quantitative estimate of drug-likeness (QED) is 0.811. The van der Waals surface area contributed by atoms with Crippen LogP contribution in [0.1, 0.15) is 46.6 Å². The molecule has 0 amide bonds. The summed E-state index contributed by atoms with van der Waals surface area (Å²) in [4.78, 5) is 11.7. The Morgan fingerprint density at radius 3 is 2.25 bits per heavy atom. The number of aryl methyl sites for hydroxylation is 1. The second-order valence-electron chi connectivity index (χ2n) is 6.81. The Labute approximate surface area is 122 Å². The lowest BCUT2D eigenvalue weighted by Crippen LogP contribution is -2.44. The van der Waals surface area contributed by atoms with Crippen molar-refractivity contribution in [3.8, 4) is 0 Å². The molecular weight excluding hydrogens is 250 g/mol. The molecule has 0 unspecified atom stereocenters. The summed E-state index contributed by atoms with van der Waals surface area (Å²) in [6.07, 6.45) is 1.97. The summed E-state index contributed by atoms with van der Waals surface area (Å²) in [5.74, 6) is -0.203. The van der Waals surface area contributed by atoms with Gasteiger partial charge < -0.3 is 10.1 Å². The highest BCUT2D eigenvalue weighted by Crippen LogP contribution is 2.14. The third-order valence-corrected chi connectivity index (χ3v) is 3.01. The molecule has 1 aromatic carbocycles. The minimum absolute atomic E-state index is 0.0905. The van der Waals surface area contributed by atoms with Crippen molar-refractivity contribution in [1.82, 2.24) is 5.32 Å². The second-order valence-corrected chi connectivity index (χ2v) is 6.81.